The Morgan fingerprint density at radius 2 is 1.74 bits per heavy atom. The smallest absolute Gasteiger partial charge is 0.323 e. The van der Waals surface area contributed by atoms with Crippen LogP contribution in [0.25, 0.3) is 0 Å². The van der Waals surface area contributed by atoms with Gasteiger partial charge in [0.25, 0.3) is 0 Å². The molecule has 10 heteroatoms. The second-order valence-electron chi connectivity index (χ2n) is 5.71. The van der Waals surface area contributed by atoms with E-state index < -0.39 is 24.5 Å². The van der Waals surface area contributed by atoms with Crippen molar-refractivity contribution in [2.75, 3.05) is 29.9 Å². The van der Waals surface area contributed by atoms with Crippen LogP contribution >= 0.6 is 0 Å². The van der Waals surface area contributed by atoms with Crippen molar-refractivity contribution in [1.29, 1.82) is 0 Å². The van der Waals surface area contributed by atoms with Crippen LogP contribution in [-0.2, 0) is 0 Å². The fraction of sp³-hybridized carbons (Fsp3) is 0.471. The minimum absolute atomic E-state index is 0.0325. The molecule has 0 spiro atoms. The first-order chi connectivity index (χ1) is 12.7. The molecule has 0 bridgehead atoms. The quantitative estimate of drug-likeness (QED) is 0.657. The van der Waals surface area contributed by atoms with E-state index in [0.717, 1.165) is 6.92 Å². The van der Waals surface area contributed by atoms with Crippen molar-refractivity contribution in [3.8, 4) is 6.01 Å². The van der Waals surface area contributed by atoms with Gasteiger partial charge in [-0.05, 0) is 45.0 Å². The maximum Gasteiger partial charge on any atom is 0.323 e. The summed E-state index contributed by atoms with van der Waals surface area (Å²) in [6, 6.07) is 5.06. The molecule has 27 heavy (non-hydrogen) atoms. The first-order valence-electron chi connectivity index (χ1n) is 8.43. The Labute approximate surface area is 154 Å². The van der Waals surface area contributed by atoms with Gasteiger partial charge in [-0.2, -0.15) is 23.7 Å². The Hall–Kier alpha value is -2.65. The predicted octanol–water partition coefficient (Wildman–Crippen LogP) is 3.97. The molecule has 1 unspecified atom stereocenters. The molecule has 1 heterocycles. The van der Waals surface area contributed by atoms with E-state index in [1.54, 1.807) is 4.90 Å². The summed E-state index contributed by atoms with van der Waals surface area (Å²) in [5, 5.41) is 2.84. The van der Waals surface area contributed by atoms with Crippen molar-refractivity contribution in [3.63, 3.8) is 0 Å². The highest BCUT2D eigenvalue weighted by Gasteiger charge is 2.38. The molecule has 0 saturated carbocycles. The van der Waals surface area contributed by atoms with E-state index in [1.165, 1.54) is 24.3 Å². The number of halogens is 4. The first kappa shape index (κ1) is 20.7. The van der Waals surface area contributed by atoms with Gasteiger partial charge in [0, 0.05) is 18.8 Å². The number of alkyl halides is 3. The first-order valence-corrected chi connectivity index (χ1v) is 8.43. The summed E-state index contributed by atoms with van der Waals surface area (Å²) in [7, 11) is 0. The molecule has 1 N–H and O–H groups in total. The fourth-order valence-electron chi connectivity index (χ4n) is 2.05. The standard InChI is InChI=1S/C17H21F4N5O/c1-4-26(5-2)15-23-14(22-13-8-6-12(19)7-9-13)24-16(25-15)27-10-17(20,21)11(3)18/h6-9,11H,4-5,10H2,1-3H3,(H,22,23,24,25). The maximum atomic E-state index is 13.5. The zero-order valence-corrected chi connectivity index (χ0v) is 15.2. The Kier molecular flexibility index (Phi) is 6.75. The molecule has 0 aliphatic carbocycles. The van der Waals surface area contributed by atoms with Gasteiger partial charge in [-0.3, -0.25) is 0 Å². The van der Waals surface area contributed by atoms with Gasteiger partial charge in [0.15, 0.2) is 12.8 Å². The summed E-state index contributed by atoms with van der Waals surface area (Å²) < 4.78 is 57.9. The number of benzene rings is 1. The molecule has 0 amide bonds. The zero-order chi connectivity index (χ0) is 20.0. The molecule has 1 aromatic heterocycles. The molecule has 1 atom stereocenters. The van der Waals surface area contributed by atoms with Gasteiger partial charge in [0.05, 0.1) is 0 Å². The van der Waals surface area contributed by atoms with Gasteiger partial charge in [-0.1, -0.05) is 0 Å². The van der Waals surface area contributed by atoms with Crippen LogP contribution in [-0.4, -0.2) is 46.7 Å². The molecule has 2 aromatic rings. The molecular weight excluding hydrogens is 366 g/mol. The number of nitrogens with one attached hydrogen (secondary N) is 1. The van der Waals surface area contributed by atoms with Gasteiger partial charge in [-0.25, -0.2) is 8.78 Å². The maximum absolute atomic E-state index is 13.5. The molecule has 2 rings (SSSR count). The van der Waals surface area contributed by atoms with Gasteiger partial charge < -0.3 is 15.0 Å². The summed E-state index contributed by atoms with van der Waals surface area (Å²) in [5.41, 5.74) is 0.488. The minimum Gasteiger partial charge on any atom is -0.457 e. The number of nitrogens with zero attached hydrogens (tertiary/aromatic N) is 4. The molecule has 148 valence electrons. The van der Waals surface area contributed by atoms with Crippen molar-refractivity contribution in [1.82, 2.24) is 15.0 Å². The van der Waals surface area contributed by atoms with Crippen molar-refractivity contribution in [2.24, 2.45) is 0 Å². The topological polar surface area (TPSA) is 63.2 Å². The monoisotopic (exact) mass is 387 g/mol. The average Bonchev–Trinajstić information content (AvgIpc) is 2.63. The molecular formula is C17H21F4N5O. The predicted molar refractivity (Wildman–Crippen MR) is 94.1 cm³/mol. The molecule has 0 saturated heterocycles. The fourth-order valence-corrected chi connectivity index (χ4v) is 2.05. The summed E-state index contributed by atoms with van der Waals surface area (Å²) in [5.74, 6) is -3.84. The second-order valence-corrected chi connectivity index (χ2v) is 5.71. The van der Waals surface area contributed by atoms with E-state index in [1.807, 2.05) is 13.8 Å². The van der Waals surface area contributed by atoms with Gasteiger partial charge in [-0.15, -0.1) is 0 Å². The van der Waals surface area contributed by atoms with E-state index in [4.69, 9.17) is 4.74 Å². The number of hydrogen-bond donors (Lipinski definition) is 1. The van der Waals surface area contributed by atoms with Crippen LogP contribution in [0.5, 0.6) is 6.01 Å². The number of rotatable bonds is 9. The van der Waals surface area contributed by atoms with Crippen LogP contribution in [0, 0.1) is 5.82 Å². The van der Waals surface area contributed by atoms with Crippen LogP contribution < -0.4 is 15.0 Å². The van der Waals surface area contributed by atoms with Gasteiger partial charge in [0.2, 0.25) is 11.9 Å². The molecule has 6 nitrogen and oxygen atoms in total. The Bertz CT molecular complexity index is 739. The second kappa shape index (κ2) is 8.83. The Morgan fingerprint density at radius 3 is 2.30 bits per heavy atom. The van der Waals surface area contributed by atoms with E-state index in [2.05, 4.69) is 20.3 Å². The lowest BCUT2D eigenvalue weighted by molar-refractivity contribution is -0.0957. The third-order valence-electron chi connectivity index (χ3n) is 3.73. The van der Waals surface area contributed by atoms with Crippen molar-refractivity contribution < 1.29 is 22.3 Å². The minimum atomic E-state index is -3.67. The zero-order valence-electron chi connectivity index (χ0n) is 15.2. The van der Waals surface area contributed by atoms with E-state index >= 15 is 0 Å². The van der Waals surface area contributed by atoms with E-state index in [0.29, 0.717) is 18.8 Å². The number of ether oxygens (including phenoxy) is 1. The normalized spacial score (nSPS) is 12.6. The Morgan fingerprint density at radius 1 is 1.11 bits per heavy atom. The highest BCUT2D eigenvalue weighted by atomic mass is 19.3. The van der Waals surface area contributed by atoms with Crippen LogP contribution in [0.4, 0.5) is 35.1 Å². The highest BCUT2D eigenvalue weighted by Crippen LogP contribution is 2.24. The third-order valence-corrected chi connectivity index (χ3v) is 3.73. The van der Waals surface area contributed by atoms with Crippen molar-refractivity contribution in [3.05, 3.63) is 30.1 Å². The summed E-state index contributed by atoms with van der Waals surface area (Å²) in [6.45, 7) is 4.42. The van der Waals surface area contributed by atoms with Crippen LogP contribution in [0.1, 0.15) is 20.8 Å². The lowest BCUT2D eigenvalue weighted by Crippen LogP contribution is -2.35. The number of anilines is 3. The average molecular weight is 387 g/mol. The number of hydrogen-bond acceptors (Lipinski definition) is 6. The lowest BCUT2D eigenvalue weighted by atomic mass is 10.2. The highest BCUT2D eigenvalue weighted by molar-refractivity contribution is 5.54. The molecule has 0 aliphatic heterocycles. The Balaban J connectivity index is 2.29. The SMILES string of the molecule is CCN(CC)c1nc(Nc2ccc(F)cc2)nc(OCC(F)(F)C(C)F)n1. The lowest BCUT2D eigenvalue weighted by Gasteiger charge is -2.21. The summed E-state index contributed by atoms with van der Waals surface area (Å²) in [6.07, 6.45) is -2.38. The van der Waals surface area contributed by atoms with E-state index in [-0.39, 0.29) is 17.9 Å². The van der Waals surface area contributed by atoms with Gasteiger partial charge >= 0.3 is 11.9 Å². The summed E-state index contributed by atoms with van der Waals surface area (Å²) >= 11 is 0. The largest absolute Gasteiger partial charge is 0.457 e. The van der Waals surface area contributed by atoms with Crippen LogP contribution in [0.2, 0.25) is 0 Å². The van der Waals surface area contributed by atoms with Crippen molar-refractivity contribution >= 4 is 17.6 Å². The molecule has 0 radical (unpaired) electrons. The van der Waals surface area contributed by atoms with Crippen LogP contribution in [0.3, 0.4) is 0 Å². The van der Waals surface area contributed by atoms with Crippen LogP contribution in [0.15, 0.2) is 24.3 Å². The number of aromatic nitrogens is 3. The third kappa shape index (κ3) is 5.66. The van der Waals surface area contributed by atoms with Crippen molar-refractivity contribution in [2.45, 2.75) is 32.9 Å². The van der Waals surface area contributed by atoms with E-state index in [9.17, 15) is 17.6 Å². The van der Waals surface area contributed by atoms with Gasteiger partial charge in [0.1, 0.15) is 5.82 Å². The summed E-state index contributed by atoms with van der Waals surface area (Å²) in [4.78, 5) is 13.9. The molecule has 0 aliphatic rings. The molecule has 1 aromatic carbocycles. The molecule has 0 fully saturated rings.